The highest BCUT2D eigenvalue weighted by atomic mass is 16.5. The van der Waals surface area contributed by atoms with Crippen LogP contribution in [0.25, 0.3) is 0 Å². The monoisotopic (exact) mass is 306 g/mol. The fourth-order valence-corrected chi connectivity index (χ4v) is 2.55. The number of nitrogens with zero attached hydrogens (tertiary/aromatic N) is 2. The van der Waals surface area contributed by atoms with E-state index in [0.717, 1.165) is 37.4 Å². The third-order valence-corrected chi connectivity index (χ3v) is 3.86. The van der Waals surface area contributed by atoms with E-state index in [4.69, 9.17) is 4.74 Å². The molecule has 1 aliphatic rings. The standard InChI is InChI=1S/C16H26N4O2/c1-12-7-8-13(14(18-12)20(3)4)19-15(21)17-11-16(2)9-5-6-10-22-16/h7-8H,5-6,9-11H2,1-4H3,(H2,17,19,21). The number of hydrogen-bond donors (Lipinski definition) is 2. The number of aromatic nitrogens is 1. The Hall–Kier alpha value is -1.82. The van der Waals surface area contributed by atoms with Crippen LogP contribution >= 0.6 is 0 Å². The van der Waals surface area contributed by atoms with E-state index in [-0.39, 0.29) is 11.6 Å². The Morgan fingerprint density at radius 3 is 2.82 bits per heavy atom. The van der Waals surface area contributed by atoms with Crippen LogP contribution in [0.5, 0.6) is 0 Å². The van der Waals surface area contributed by atoms with Crippen LogP contribution in [0.1, 0.15) is 31.9 Å². The molecule has 1 saturated heterocycles. The number of ether oxygens (including phenoxy) is 1. The highest BCUT2D eigenvalue weighted by molar-refractivity contribution is 5.92. The minimum Gasteiger partial charge on any atom is -0.373 e. The summed E-state index contributed by atoms with van der Waals surface area (Å²) in [6.07, 6.45) is 3.22. The number of carbonyl (C=O) groups excluding carboxylic acids is 1. The molecule has 2 heterocycles. The van der Waals surface area contributed by atoms with Crippen LogP contribution in [-0.4, -0.2) is 43.9 Å². The van der Waals surface area contributed by atoms with Crippen molar-refractivity contribution in [3.05, 3.63) is 17.8 Å². The first kappa shape index (κ1) is 16.5. The molecular weight excluding hydrogens is 280 g/mol. The topological polar surface area (TPSA) is 66.5 Å². The summed E-state index contributed by atoms with van der Waals surface area (Å²) in [5.41, 5.74) is 1.35. The van der Waals surface area contributed by atoms with Gasteiger partial charge in [-0.3, -0.25) is 0 Å². The van der Waals surface area contributed by atoms with Gasteiger partial charge in [0, 0.05) is 32.9 Å². The van der Waals surface area contributed by atoms with Crippen molar-refractivity contribution in [3.63, 3.8) is 0 Å². The van der Waals surface area contributed by atoms with Gasteiger partial charge in [0.2, 0.25) is 0 Å². The molecule has 1 aromatic rings. The molecule has 6 nitrogen and oxygen atoms in total. The van der Waals surface area contributed by atoms with E-state index < -0.39 is 0 Å². The Kier molecular flexibility index (Phi) is 5.24. The van der Waals surface area contributed by atoms with Crippen molar-refractivity contribution >= 4 is 17.5 Å². The summed E-state index contributed by atoms with van der Waals surface area (Å²) in [5.74, 6) is 0.746. The molecule has 0 aliphatic carbocycles. The number of pyridine rings is 1. The third kappa shape index (κ3) is 4.34. The Bertz CT molecular complexity index is 525. The van der Waals surface area contributed by atoms with Crippen LogP contribution < -0.4 is 15.5 Å². The molecule has 0 aromatic carbocycles. The molecule has 1 aliphatic heterocycles. The molecule has 122 valence electrons. The van der Waals surface area contributed by atoms with Crippen LogP contribution in [0, 0.1) is 6.92 Å². The van der Waals surface area contributed by atoms with E-state index in [1.807, 2.05) is 45.0 Å². The molecule has 6 heteroatoms. The molecular formula is C16H26N4O2. The first-order chi connectivity index (χ1) is 10.4. The first-order valence-corrected chi connectivity index (χ1v) is 7.73. The maximum absolute atomic E-state index is 12.1. The second kappa shape index (κ2) is 6.96. The summed E-state index contributed by atoms with van der Waals surface area (Å²) in [6, 6.07) is 3.52. The highest BCUT2D eigenvalue weighted by Crippen LogP contribution is 2.24. The molecule has 2 rings (SSSR count). The van der Waals surface area contributed by atoms with Gasteiger partial charge in [-0.15, -0.1) is 0 Å². The molecule has 1 unspecified atom stereocenters. The zero-order chi connectivity index (χ0) is 16.2. The number of rotatable bonds is 4. The number of anilines is 2. The largest absolute Gasteiger partial charge is 0.373 e. The second-order valence-corrected chi connectivity index (χ2v) is 6.28. The molecule has 0 bridgehead atoms. The van der Waals surface area contributed by atoms with Gasteiger partial charge in [0.05, 0.1) is 11.3 Å². The molecule has 0 spiro atoms. The van der Waals surface area contributed by atoms with Gasteiger partial charge < -0.3 is 20.3 Å². The summed E-state index contributed by atoms with van der Waals surface area (Å²) < 4.78 is 5.78. The van der Waals surface area contributed by atoms with E-state index in [0.29, 0.717) is 12.2 Å². The number of nitrogens with one attached hydrogen (secondary N) is 2. The molecule has 1 aromatic heterocycles. The van der Waals surface area contributed by atoms with Gasteiger partial charge in [0.1, 0.15) is 0 Å². The van der Waals surface area contributed by atoms with Crippen molar-refractivity contribution in [1.82, 2.24) is 10.3 Å². The molecule has 2 N–H and O–H groups in total. The minimum absolute atomic E-state index is 0.232. The third-order valence-electron chi connectivity index (χ3n) is 3.86. The summed E-state index contributed by atoms with van der Waals surface area (Å²) in [6.45, 7) is 5.26. The predicted molar refractivity (Wildman–Crippen MR) is 88.5 cm³/mol. The number of carbonyl (C=O) groups is 1. The predicted octanol–water partition coefficient (Wildman–Crippen LogP) is 2.54. The maximum Gasteiger partial charge on any atom is 0.319 e. The van der Waals surface area contributed by atoms with Crippen molar-refractivity contribution in [2.24, 2.45) is 0 Å². The molecule has 0 saturated carbocycles. The van der Waals surface area contributed by atoms with Gasteiger partial charge in [-0.1, -0.05) is 0 Å². The van der Waals surface area contributed by atoms with Crippen LogP contribution in [0.15, 0.2) is 12.1 Å². The van der Waals surface area contributed by atoms with Crippen molar-refractivity contribution in [3.8, 4) is 0 Å². The van der Waals surface area contributed by atoms with E-state index >= 15 is 0 Å². The number of urea groups is 1. The van der Waals surface area contributed by atoms with Gasteiger partial charge in [0.15, 0.2) is 5.82 Å². The lowest BCUT2D eigenvalue weighted by atomic mass is 9.96. The lowest BCUT2D eigenvalue weighted by molar-refractivity contribution is -0.0612. The van der Waals surface area contributed by atoms with Crippen molar-refractivity contribution in [2.75, 3.05) is 37.5 Å². The van der Waals surface area contributed by atoms with Crippen molar-refractivity contribution in [2.45, 2.75) is 38.7 Å². The van der Waals surface area contributed by atoms with E-state index in [1.54, 1.807) is 0 Å². The van der Waals surface area contributed by atoms with E-state index in [9.17, 15) is 4.79 Å². The summed E-state index contributed by atoms with van der Waals surface area (Å²) >= 11 is 0. The number of aryl methyl sites for hydroxylation is 1. The van der Waals surface area contributed by atoms with E-state index in [1.165, 1.54) is 0 Å². The van der Waals surface area contributed by atoms with Gasteiger partial charge in [-0.25, -0.2) is 9.78 Å². The van der Waals surface area contributed by atoms with Crippen molar-refractivity contribution in [1.29, 1.82) is 0 Å². The first-order valence-electron chi connectivity index (χ1n) is 7.73. The fourth-order valence-electron chi connectivity index (χ4n) is 2.55. The van der Waals surface area contributed by atoms with Gasteiger partial charge in [-0.05, 0) is 45.2 Å². The van der Waals surface area contributed by atoms with Gasteiger partial charge in [0.25, 0.3) is 0 Å². The number of hydrogen-bond acceptors (Lipinski definition) is 4. The van der Waals surface area contributed by atoms with Crippen molar-refractivity contribution < 1.29 is 9.53 Å². The summed E-state index contributed by atoms with van der Waals surface area (Å²) in [7, 11) is 3.81. The quantitative estimate of drug-likeness (QED) is 0.897. The number of amides is 2. The molecule has 0 radical (unpaired) electrons. The van der Waals surface area contributed by atoms with Crippen LogP contribution in [-0.2, 0) is 4.74 Å². The Balaban J connectivity index is 1.94. The SMILES string of the molecule is Cc1ccc(NC(=O)NCC2(C)CCCCO2)c(N(C)C)n1. The van der Waals surface area contributed by atoms with Crippen LogP contribution in [0.4, 0.5) is 16.3 Å². The smallest absolute Gasteiger partial charge is 0.319 e. The molecule has 22 heavy (non-hydrogen) atoms. The zero-order valence-electron chi connectivity index (χ0n) is 13.9. The Morgan fingerprint density at radius 2 is 2.18 bits per heavy atom. The Labute approximate surface area is 132 Å². The lowest BCUT2D eigenvalue weighted by Gasteiger charge is -2.33. The minimum atomic E-state index is -0.258. The molecule has 1 fully saturated rings. The van der Waals surface area contributed by atoms with Crippen LogP contribution in [0.3, 0.4) is 0 Å². The fraction of sp³-hybridized carbons (Fsp3) is 0.625. The lowest BCUT2D eigenvalue weighted by Crippen LogP contribution is -2.45. The highest BCUT2D eigenvalue weighted by Gasteiger charge is 2.28. The zero-order valence-corrected chi connectivity index (χ0v) is 13.9. The second-order valence-electron chi connectivity index (χ2n) is 6.28. The van der Waals surface area contributed by atoms with Gasteiger partial charge in [-0.2, -0.15) is 0 Å². The average Bonchev–Trinajstić information content (AvgIpc) is 2.48. The molecule has 2 amide bonds. The molecule has 1 atom stereocenters. The summed E-state index contributed by atoms with van der Waals surface area (Å²) in [4.78, 5) is 18.5. The normalized spacial score (nSPS) is 21.3. The summed E-state index contributed by atoms with van der Waals surface area (Å²) in [5, 5.41) is 5.77. The maximum atomic E-state index is 12.1. The average molecular weight is 306 g/mol. The Morgan fingerprint density at radius 1 is 1.41 bits per heavy atom. The van der Waals surface area contributed by atoms with Gasteiger partial charge >= 0.3 is 6.03 Å². The van der Waals surface area contributed by atoms with E-state index in [2.05, 4.69) is 15.6 Å². The van der Waals surface area contributed by atoms with Crippen LogP contribution in [0.2, 0.25) is 0 Å².